The van der Waals surface area contributed by atoms with Gasteiger partial charge in [-0.05, 0) is 34.5 Å². The Balaban J connectivity index is 2.42. The van der Waals surface area contributed by atoms with Crippen molar-refractivity contribution in [3.05, 3.63) is 32.9 Å². The molecule has 0 aliphatic carbocycles. The Morgan fingerprint density at radius 3 is 2.63 bits per heavy atom. The van der Waals surface area contributed by atoms with Crippen LogP contribution >= 0.6 is 27.5 Å². The maximum absolute atomic E-state index is 13.4. The van der Waals surface area contributed by atoms with Crippen molar-refractivity contribution in [3.8, 4) is 0 Å². The molecule has 1 aliphatic rings. The summed E-state index contributed by atoms with van der Waals surface area (Å²) >= 11 is 8.85. The van der Waals surface area contributed by atoms with Gasteiger partial charge in [0.25, 0.3) is 11.8 Å². The Hall–Kier alpha value is -1.01. The smallest absolute Gasteiger partial charge is 0.271 e. The molecule has 0 fully saturated rings. The molecule has 0 spiro atoms. The number of hydrogen-bond acceptors (Lipinski definition) is 2. The van der Waals surface area contributed by atoms with E-state index in [0.717, 1.165) is 6.92 Å². The standard InChI is InChI=1S/C12H10BrClF2N2O/c1-6-5-18(11(19)10(6)14)9-3-7(12(2,15)16)8(13)4-17-9/h3-4H,5H2,1-2H3. The van der Waals surface area contributed by atoms with Crippen molar-refractivity contribution in [2.24, 2.45) is 0 Å². The van der Waals surface area contributed by atoms with Gasteiger partial charge < -0.3 is 0 Å². The third-order valence-corrected chi connectivity index (χ3v) is 3.91. The predicted molar refractivity (Wildman–Crippen MR) is 72.4 cm³/mol. The molecule has 1 aromatic rings. The Kier molecular flexibility index (Phi) is 3.66. The molecule has 0 saturated heterocycles. The maximum Gasteiger partial charge on any atom is 0.271 e. The van der Waals surface area contributed by atoms with Crippen LogP contribution in [0.15, 0.2) is 27.3 Å². The number of carbonyl (C=O) groups is 1. The zero-order chi connectivity index (χ0) is 14.4. The quantitative estimate of drug-likeness (QED) is 0.811. The van der Waals surface area contributed by atoms with Crippen molar-refractivity contribution in [1.82, 2.24) is 4.98 Å². The van der Waals surface area contributed by atoms with Crippen molar-refractivity contribution in [1.29, 1.82) is 0 Å². The lowest BCUT2D eigenvalue weighted by Crippen LogP contribution is -2.27. The first-order chi connectivity index (χ1) is 8.71. The summed E-state index contributed by atoms with van der Waals surface area (Å²) in [4.78, 5) is 17.1. The number of rotatable bonds is 2. The van der Waals surface area contributed by atoms with E-state index in [9.17, 15) is 13.6 Å². The molecule has 0 N–H and O–H groups in total. The lowest BCUT2D eigenvalue weighted by Gasteiger charge is -2.19. The third kappa shape index (κ3) is 2.65. The van der Waals surface area contributed by atoms with Gasteiger partial charge in [0.2, 0.25) is 0 Å². The molecular formula is C12H10BrClF2N2O. The van der Waals surface area contributed by atoms with Gasteiger partial charge in [-0.1, -0.05) is 11.6 Å². The van der Waals surface area contributed by atoms with Crippen molar-refractivity contribution in [2.75, 3.05) is 11.4 Å². The Morgan fingerprint density at radius 1 is 1.53 bits per heavy atom. The van der Waals surface area contributed by atoms with Crippen LogP contribution in [0, 0.1) is 0 Å². The number of aromatic nitrogens is 1. The van der Waals surface area contributed by atoms with Gasteiger partial charge in [0.15, 0.2) is 0 Å². The lowest BCUT2D eigenvalue weighted by atomic mass is 10.1. The number of nitrogens with zero attached hydrogens (tertiary/aromatic N) is 2. The maximum atomic E-state index is 13.4. The molecule has 3 nitrogen and oxygen atoms in total. The molecule has 102 valence electrons. The number of carbonyl (C=O) groups excluding carboxylic acids is 1. The Bertz CT molecular complexity index is 584. The van der Waals surface area contributed by atoms with E-state index in [1.54, 1.807) is 6.92 Å². The minimum atomic E-state index is -3.02. The summed E-state index contributed by atoms with van der Waals surface area (Å²) in [7, 11) is 0. The first-order valence-electron chi connectivity index (χ1n) is 5.42. The number of amides is 1. The number of pyridine rings is 1. The molecule has 19 heavy (non-hydrogen) atoms. The van der Waals surface area contributed by atoms with Crippen LogP contribution in [0.4, 0.5) is 14.6 Å². The van der Waals surface area contributed by atoms with Crippen molar-refractivity contribution >= 4 is 39.3 Å². The van der Waals surface area contributed by atoms with Gasteiger partial charge >= 0.3 is 0 Å². The summed E-state index contributed by atoms with van der Waals surface area (Å²) in [6, 6.07) is 1.20. The SMILES string of the molecule is CC1=C(Cl)C(=O)N(c2cc(C(C)(F)F)c(Br)cn2)C1. The molecule has 0 saturated carbocycles. The molecule has 1 amide bonds. The van der Waals surface area contributed by atoms with E-state index in [1.165, 1.54) is 17.2 Å². The van der Waals surface area contributed by atoms with Crippen molar-refractivity contribution < 1.29 is 13.6 Å². The number of alkyl halides is 2. The largest absolute Gasteiger partial charge is 0.288 e. The van der Waals surface area contributed by atoms with Gasteiger partial charge in [-0.3, -0.25) is 9.69 Å². The topological polar surface area (TPSA) is 33.2 Å². The minimum absolute atomic E-state index is 0.120. The van der Waals surface area contributed by atoms with Crippen molar-refractivity contribution in [2.45, 2.75) is 19.8 Å². The molecule has 1 aromatic heterocycles. The highest BCUT2D eigenvalue weighted by molar-refractivity contribution is 9.10. The zero-order valence-electron chi connectivity index (χ0n) is 10.2. The third-order valence-electron chi connectivity index (χ3n) is 2.79. The highest BCUT2D eigenvalue weighted by Gasteiger charge is 2.32. The van der Waals surface area contributed by atoms with Crippen molar-refractivity contribution in [3.63, 3.8) is 0 Å². The van der Waals surface area contributed by atoms with Gasteiger partial charge in [0, 0.05) is 23.2 Å². The summed E-state index contributed by atoms with van der Waals surface area (Å²) in [6.45, 7) is 2.77. The molecule has 0 bridgehead atoms. The summed E-state index contributed by atoms with van der Waals surface area (Å²) in [6.07, 6.45) is 1.26. The average Bonchev–Trinajstić information content (AvgIpc) is 2.56. The van der Waals surface area contributed by atoms with E-state index in [0.29, 0.717) is 5.57 Å². The van der Waals surface area contributed by atoms with Crippen LogP contribution in [0.5, 0.6) is 0 Å². The molecule has 2 rings (SSSR count). The van der Waals surface area contributed by atoms with Crippen LogP contribution in [0.1, 0.15) is 19.4 Å². The Labute approximate surface area is 122 Å². The molecule has 2 heterocycles. The molecule has 1 aliphatic heterocycles. The van der Waals surface area contributed by atoms with Gasteiger partial charge in [-0.2, -0.15) is 0 Å². The van der Waals surface area contributed by atoms with Gasteiger partial charge in [0.05, 0.1) is 6.54 Å². The average molecular weight is 352 g/mol. The molecule has 0 atom stereocenters. The number of halogens is 4. The zero-order valence-corrected chi connectivity index (χ0v) is 12.5. The van der Waals surface area contributed by atoms with Crippen LogP contribution in [-0.4, -0.2) is 17.4 Å². The van der Waals surface area contributed by atoms with Gasteiger partial charge in [-0.15, -0.1) is 0 Å². The Morgan fingerprint density at radius 2 is 2.16 bits per heavy atom. The van der Waals surface area contributed by atoms with E-state index >= 15 is 0 Å². The second kappa shape index (κ2) is 4.83. The van der Waals surface area contributed by atoms with E-state index in [-0.39, 0.29) is 27.4 Å². The van der Waals surface area contributed by atoms with Crippen LogP contribution in [-0.2, 0) is 10.7 Å². The predicted octanol–water partition coefficient (Wildman–Crippen LogP) is 3.82. The molecular weight excluding hydrogens is 341 g/mol. The highest BCUT2D eigenvalue weighted by Crippen LogP contribution is 2.36. The van der Waals surface area contributed by atoms with E-state index in [4.69, 9.17) is 11.6 Å². The molecule has 0 unspecified atom stereocenters. The van der Waals surface area contributed by atoms with Gasteiger partial charge in [-0.25, -0.2) is 13.8 Å². The molecule has 0 radical (unpaired) electrons. The van der Waals surface area contributed by atoms with Crippen LogP contribution in [0.25, 0.3) is 0 Å². The summed E-state index contributed by atoms with van der Waals surface area (Å²) in [5.74, 6) is -3.27. The fraction of sp³-hybridized carbons (Fsp3) is 0.333. The van der Waals surface area contributed by atoms with Crippen LogP contribution in [0.2, 0.25) is 0 Å². The summed E-state index contributed by atoms with van der Waals surface area (Å²) in [5, 5.41) is 0.120. The molecule has 7 heteroatoms. The highest BCUT2D eigenvalue weighted by atomic mass is 79.9. The monoisotopic (exact) mass is 350 g/mol. The van der Waals surface area contributed by atoms with Crippen LogP contribution in [0.3, 0.4) is 0 Å². The van der Waals surface area contributed by atoms with Gasteiger partial charge in [0.1, 0.15) is 10.9 Å². The molecule has 0 aromatic carbocycles. The fourth-order valence-electron chi connectivity index (χ4n) is 1.78. The minimum Gasteiger partial charge on any atom is -0.288 e. The number of anilines is 1. The van der Waals surface area contributed by atoms with E-state index in [2.05, 4.69) is 20.9 Å². The first-order valence-corrected chi connectivity index (χ1v) is 6.60. The second-order valence-electron chi connectivity index (χ2n) is 4.40. The lowest BCUT2D eigenvalue weighted by molar-refractivity contribution is -0.114. The fourth-order valence-corrected chi connectivity index (χ4v) is 2.50. The first kappa shape index (κ1) is 14.4. The normalized spacial score (nSPS) is 16.5. The van der Waals surface area contributed by atoms with Crippen LogP contribution < -0.4 is 4.90 Å². The van der Waals surface area contributed by atoms with E-state index < -0.39 is 11.8 Å². The summed E-state index contributed by atoms with van der Waals surface area (Å²) < 4.78 is 27.1. The summed E-state index contributed by atoms with van der Waals surface area (Å²) in [5.41, 5.74) is 0.479. The number of hydrogen-bond donors (Lipinski definition) is 0. The second-order valence-corrected chi connectivity index (χ2v) is 5.63. The van der Waals surface area contributed by atoms with E-state index in [1.807, 2.05) is 0 Å².